The maximum absolute atomic E-state index is 13.6. The number of aromatic nitrogens is 1. The van der Waals surface area contributed by atoms with Crippen LogP contribution in [0, 0.1) is 5.82 Å². The molecule has 1 aromatic rings. The van der Waals surface area contributed by atoms with E-state index in [0.717, 1.165) is 12.8 Å². The Kier molecular flexibility index (Phi) is 4.58. The highest BCUT2D eigenvalue weighted by Gasteiger charge is 2.42. The fraction of sp³-hybridized carbons (Fsp3) is 0.625. The Bertz CT molecular complexity index is 544. The van der Waals surface area contributed by atoms with Gasteiger partial charge in [-0.25, -0.2) is 14.2 Å². The molecule has 0 radical (unpaired) electrons. The lowest BCUT2D eigenvalue weighted by Crippen LogP contribution is -2.50. The normalized spacial score (nSPS) is 21.8. The van der Waals surface area contributed by atoms with Crippen LogP contribution in [-0.4, -0.2) is 40.3 Å². The van der Waals surface area contributed by atoms with Gasteiger partial charge >= 0.3 is 6.09 Å². The molecule has 1 amide bonds. The van der Waals surface area contributed by atoms with Crippen LogP contribution in [0.3, 0.4) is 0 Å². The van der Waals surface area contributed by atoms with Crippen molar-refractivity contribution in [3.8, 4) is 5.88 Å². The summed E-state index contributed by atoms with van der Waals surface area (Å²) in [5, 5.41) is 0. The molecule has 0 spiro atoms. The molecule has 1 aliphatic rings. The monoisotopic (exact) mass is 310 g/mol. The Hall–Kier alpha value is -1.85. The van der Waals surface area contributed by atoms with E-state index < -0.39 is 17.0 Å². The number of ether oxygens (including phenoxy) is 2. The molecule has 2 heterocycles. The van der Waals surface area contributed by atoms with Crippen molar-refractivity contribution in [1.29, 1.82) is 0 Å². The van der Waals surface area contributed by atoms with Gasteiger partial charge in [-0.1, -0.05) is 0 Å². The van der Waals surface area contributed by atoms with Crippen LogP contribution in [0.4, 0.5) is 9.18 Å². The van der Waals surface area contributed by atoms with Crippen LogP contribution in [-0.2, 0) is 4.74 Å². The lowest BCUT2D eigenvalue weighted by atomic mass is 10.0. The molecule has 2 rings (SSSR count). The fourth-order valence-corrected chi connectivity index (χ4v) is 2.50. The van der Waals surface area contributed by atoms with Gasteiger partial charge < -0.3 is 9.47 Å². The maximum Gasteiger partial charge on any atom is 0.410 e. The van der Waals surface area contributed by atoms with Gasteiger partial charge in [0.05, 0.1) is 5.54 Å². The largest absolute Gasteiger partial charge is 0.473 e. The summed E-state index contributed by atoms with van der Waals surface area (Å²) in [4.78, 5) is 17.8. The minimum Gasteiger partial charge on any atom is -0.473 e. The average molecular weight is 310 g/mol. The van der Waals surface area contributed by atoms with Gasteiger partial charge in [-0.05, 0) is 52.7 Å². The lowest BCUT2D eigenvalue weighted by Gasteiger charge is -2.35. The number of halogens is 1. The maximum atomic E-state index is 13.6. The third-order valence-electron chi connectivity index (χ3n) is 3.61. The van der Waals surface area contributed by atoms with Crippen LogP contribution in [0.1, 0.15) is 40.5 Å². The number of hydrogen-bond donors (Lipinski definition) is 0. The summed E-state index contributed by atoms with van der Waals surface area (Å²) >= 11 is 0. The Labute approximate surface area is 130 Å². The summed E-state index contributed by atoms with van der Waals surface area (Å²) in [5.74, 6) is -0.548. The zero-order valence-electron chi connectivity index (χ0n) is 13.6. The molecule has 1 fully saturated rings. The Morgan fingerprint density at radius 1 is 1.50 bits per heavy atom. The average Bonchev–Trinajstić information content (AvgIpc) is 2.78. The molecule has 1 aromatic heterocycles. The Morgan fingerprint density at radius 3 is 2.86 bits per heavy atom. The second kappa shape index (κ2) is 6.10. The molecule has 1 saturated heterocycles. The summed E-state index contributed by atoms with van der Waals surface area (Å²) in [6, 6.07) is 2.80. The molecular weight excluding hydrogens is 287 g/mol. The van der Waals surface area contributed by atoms with E-state index in [0.29, 0.717) is 6.54 Å². The van der Waals surface area contributed by atoms with Gasteiger partial charge in [-0.15, -0.1) is 0 Å². The van der Waals surface area contributed by atoms with Gasteiger partial charge in [0.2, 0.25) is 5.88 Å². The topological polar surface area (TPSA) is 51.7 Å². The van der Waals surface area contributed by atoms with Gasteiger partial charge in [-0.3, -0.25) is 4.90 Å². The van der Waals surface area contributed by atoms with Gasteiger partial charge in [-0.2, -0.15) is 0 Å². The minimum atomic E-state index is -0.547. The van der Waals surface area contributed by atoms with Gasteiger partial charge in [0, 0.05) is 12.7 Å². The predicted molar refractivity (Wildman–Crippen MR) is 80.3 cm³/mol. The molecule has 1 unspecified atom stereocenters. The lowest BCUT2D eigenvalue weighted by molar-refractivity contribution is 0.00177. The van der Waals surface area contributed by atoms with E-state index in [4.69, 9.17) is 9.47 Å². The quantitative estimate of drug-likeness (QED) is 0.858. The smallest absolute Gasteiger partial charge is 0.410 e. The van der Waals surface area contributed by atoms with Crippen LogP contribution >= 0.6 is 0 Å². The first-order chi connectivity index (χ1) is 10.2. The zero-order valence-corrected chi connectivity index (χ0v) is 13.6. The number of nitrogens with zero attached hydrogens (tertiary/aromatic N) is 2. The molecule has 6 heteroatoms. The Morgan fingerprint density at radius 2 is 2.23 bits per heavy atom. The van der Waals surface area contributed by atoms with Crippen molar-refractivity contribution in [2.45, 2.75) is 51.7 Å². The van der Waals surface area contributed by atoms with Crippen LogP contribution in [0.5, 0.6) is 5.88 Å². The first kappa shape index (κ1) is 16.5. The molecule has 5 nitrogen and oxygen atoms in total. The van der Waals surface area contributed by atoms with Crippen molar-refractivity contribution < 1.29 is 18.7 Å². The third-order valence-corrected chi connectivity index (χ3v) is 3.61. The van der Waals surface area contributed by atoms with E-state index in [1.54, 1.807) is 4.90 Å². The van der Waals surface area contributed by atoms with E-state index >= 15 is 0 Å². The van der Waals surface area contributed by atoms with Crippen molar-refractivity contribution in [2.24, 2.45) is 0 Å². The second-order valence-electron chi connectivity index (χ2n) is 6.81. The number of hydrogen-bond acceptors (Lipinski definition) is 4. The van der Waals surface area contributed by atoms with E-state index in [-0.39, 0.29) is 18.6 Å². The zero-order chi connectivity index (χ0) is 16.4. The van der Waals surface area contributed by atoms with Crippen molar-refractivity contribution in [3.05, 3.63) is 24.1 Å². The first-order valence-electron chi connectivity index (χ1n) is 7.45. The fourth-order valence-electron chi connectivity index (χ4n) is 2.50. The molecular formula is C16H23FN2O3. The van der Waals surface area contributed by atoms with Crippen molar-refractivity contribution in [1.82, 2.24) is 9.88 Å². The van der Waals surface area contributed by atoms with E-state index in [2.05, 4.69) is 4.98 Å². The van der Waals surface area contributed by atoms with Crippen LogP contribution in [0.15, 0.2) is 18.3 Å². The molecule has 0 saturated carbocycles. The first-order valence-corrected chi connectivity index (χ1v) is 7.45. The molecule has 0 aromatic carbocycles. The molecule has 122 valence electrons. The van der Waals surface area contributed by atoms with Crippen LogP contribution in [0.25, 0.3) is 0 Å². The molecule has 0 N–H and O–H groups in total. The van der Waals surface area contributed by atoms with E-state index in [9.17, 15) is 9.18 Å². The number of carbonyl (C=O) groups excluding carboxylic acids is 1. The number of amides is 1. The van der Waals surface area contributed by atoms with E-state index in [1.165, 1.54) is 18.3 Å². The molecule has 0 aliphatic carbocycles. The second-order valence-corrected chi connectivity index (χ2v) is 6.81. The van der Waals surface area contributed by atoms with Gasteiger partial charge in [0.1, 0.15) is 12.2 Å². The highest BCUT2D eigenvalue weighted by molar-refractivity contribution is 5.69. The van der Waals surface area contributed by atoms with Gasteiger partial charge in [0.15, 0.2) is 5.82 Å². The molecule has 1 aliphatic heterocycles. The van der Waals surface area contributed by atoms with Crippen molar-refractivity contribution in [3.63, 3.8) is 0 Å². The minimum absolute atomic E-state index is 0.0419. The van der Waals surface area contributed by atoms with Crippen molar-refractivity contribution in [2.75, 3.05) is 13.2 Å². The molecule has 22 heavy (non-hydrogen) atoms. The highest BCUT2D eigenvalue weighted by Crippen LogP contribution is 2.31. The third kappa shape index (κ3) is 3.87. The van der Waals surface area contributed by atoms with Gasteiger partial charge in [0.25, 0.3) is 0 Å². The summed E-state index contributed by atoms with van der Waals surface area (Å²) in [7, 11) is 0. The summed E-state index contributed by atoms with van der Waals surface area (Å²) in [5.41, 5.74) is -1.07. The number of likely N-dealkylation sites (tertiary alicyclic amines) is 1. The molecule has 1 atom stereocenters. The summed E-state index contributed by atoms with van der Waals surface area (Å²) in [6.45, 7) is 8.21. The number of carbonyl (C=O) groups is 1. The summed E-state index contributed by atoms with van der Waals surface area (Å²) in [6.07, 6.45) is 2.75. The standard InChI is InChI=1S/C16H23FN2O3/c1-15(2,3)22-14(20)19-10-6-8-16(19,4)11-21-13-12(17)7-5-9-18-13/h5,7,9H,6,8,10-11H2,1-4H3. The summed E-state index contributed by atoms with van der Waals surface area (Å²) < 4.78 is 24.5. The van der Waals surface area contributed by atoms with E-state index in [1.807, 2.05) is 27.7 Å². The van der Waals surface area contributed by atoms with Crippen LogP contribution < -0.4 is 4.74 Å². The highest BCUT2D eigenvalue weighted by atomic mass is 19.1. The Balaban J connectivity index is 2.04. The number of rotatable bonds is 3. The predicted octanol–water partition coefficient (Wildman–Crippen LogP) is 3.39. The SMILES string of the molecule is CC(C)(C)OC(=O)N1CCCC1(C)COc1ncccc1F. The van der Waals surface area contributed by atoms with Crippen LogP contribution in [0.2, 0.25) is 0 Å². The number of pyridine rings is 1. The molecule has 0 bridgehead atoms. The van der Waals surface area contributed by atoms with Crippen molar-refractivity contribution >= 4 is 6.09 Å².